The fourth-order valence-electron chi connectivity index (χ4n) is 2.64. The predicted octanol–water partition coefficient (Wildman–Crippen LogP) is 3.77. The average molecular weight is 344 g/mol. The van der Waals surface area contributed by atoms with Crippen molar-refractivity contribution in [2.24, 2.45) is 0 Å². The van der Waals surface area contributed by atoms with E-state index in [2.05, 4.69) is 0 Å². The Balaban J connectivity index is 2.60. The normalized spacial score (nSPS) is 17.7. The zero-order chi connectivity index (χ0) is 16.3. The molecule has 122 valence electrons. The van der Waals surface area contributed by atoms with E-state index in [-0.39, 0.29) is 31.0 Å². The van der Waals surface area contributed by atoms with Crippen LogP contribution in [0.15, 0.2) is 47.4 Å². The third kappa shape index (κ3) is 2.69. The summed E-state index contributed by atoms with van der Waals surface area (Å²) in [7, 11) is -7.71. The maximum Gasteiger partial charge on any atom is 0.352 e. The Morgan fingerprint density at radius 3 is 2.00 bits per heavy atom. The molecule has 0 bridgehead atoms. The molecule has 0 radical (unpaired) electrons. The highest BCUT2D eigenvalue weighted by Crippen LogP contribution is 2.68. The third-order valence-electron chi connectivity index (χ3n) is 3.69. The van der Waals surface area contributed by atoms with Gasteiger partial charge in [-0.3, -0.25) is 4.57 Å². The van der Waals surface area contributed by atoms with E-state index >= 15 is 0 Å². The number of hydrogen-bond donors (Lipinski definition) is 0. The molecular weight excluding hydrogens is 323 g/mol. The predicted molar refractivity (Wildman–Crippen MR) is 85.6 cm³/mol. The van der Waals surface area contributed by atoms with Crippen LogP contribution in [0.4, 0.5) is 0 Å². The topological polar surface area (TPSA) is 69.7 Å². The van der Waals surface area contributed by atoms with Crippen LogP contribution in [0.1, 0.15) is 26.7 Å². The van der Waals surface area contributed by atoms with Crippen LogP contribution in [-0.4, -0.2) is 26.1 Å². The van der Waals surface area contributed by atoms with Crippen molar-refractivity contribution in [3.05, 3.63) is 42.5 Å². The van der Waals surface area contributed by atoms with E-state index in [9.17, 15) is 13.0 Å². The smallest absolute Gasteiger partial charge is 0.308 e. The van der Waals surface area contributed by atoms with Gasteiger partial charge in [-0.1, -0.05) is 30.4 Å². The fraction of sp³-hybridized carbons (Fsp3) is 0.467. The van der Waals surface area contributed by atoms with E-state index in [0.717, 1.165) is 0 Å². The Kier molecular flexibility index (Phi) is 5.28. The van der Waals surface area contributed by atoms with Crippen LogP contribution in [0.25, 0.3) is 0 Å². The van der Waals surface area contributed by atoms with Crippen molar-refractivity contribution in [3.63, 3.8) is 0 Å². The first-order valence-corrected chi connectivity index (χ1v) is 10.3. The van der Waals surface area contributed by atoms with Crippen LogP contribution in [0.2, 0.25) is 0 Å². The minimum atomic E-state index is -3.88. The summed E-state index contributed by atoms with van der Waals surface area (Å²) in [6.07, 6.45) is 3.71. The molecule has 1 aliphatic rings. The highest BCUT2D eigenvalue weighted by molar-refractivity contribution is 7.99. The molecule has 2 rings (SSSR count). The summed E-state index contributed by atoms with van der Waals surface area (Å²) in [6, 6.07) is 8.06. The van der Waals surface area contributed by atoms with Crippen molar-refractivity contribution >= 4 is 17.4 Å². The SMILES string of the molecule is CCOP(=O)(OCC)C1(S(=O)(=O)c2ccccc2)CC=CC1. The van der Waals surface area contributed by atoms with E-state index in [0.29, 0.717) is 0 Å². The van der Waals surface area contributed by atoms with Gasteiger partial charge in [-0.05, 0) is 38.8 Å². The van der Waals surface area contributed by atoms with Crippen molar-refractivity contribution < 1.29 is 22.0 Å². The highest BCUT2D eigenvalue weighted by atomic mass is 32.2. The van der Waals surface area contributed by atoms with E-state index in [1.807, 2.05) is 0 Å². The number of allylic oxidation sites excluding steroid dienone is 2. The lowest BCUT2D eigenvalue weighted by Gasteiger charge is -2.35. The quantitative estimate of drug-likeness (QED) is 0.556. The van der Waals surface area contributed by atoms with Gasteiger partial charge in [0.1, 0.15) is 0 Å². The molecule has 0 spiro atoms. The third-order valence-corrected chi connectivity index (χ3v) is 9.87. The Morgan fingerprint density at radius 2 is 1.55 bits per heavy atom. The van der Waals surface area contributed by atoms with Crippen LogP contribution in [0, 0.1) is 0 Å². The molecule has 0 amide bonds. The van der Waals surface area contributed by atoms with Gasteiger partial charge in [0, 0.05) is 0 Å². The Hall–Kier alpha value is -0.940. The lowest BCUT2D eigenvalue weighted by molar-refractivity contribution is 0.207. The Morgan fingerprint density at radius 1 is 1.05 bits per heavy atom. The summed E-state index contributed by atoms with van der Waals surface area (Å²) in [6.45, 7) is 3.61. The minimum absolute atomic E-state index is 0.126. The van der Waals surface area contributed by atoms with Gasteiger partial charge in [0.25, 0.3) is 0 Å². The molecule has 0 unspecified atom stereocenters. The molecule has 0 fully saturated rings. The second kappa shape index (κ2) is 6.67. The van der Waals surface area contributed by atoms with Crippen molar-refractivity contribution in [2.75, 3.05) is 13.2 Å². The largest absolute Gasteiger partial charge is 0.352 e. The molecular formula is C15H21O5PS. The fourth-order valence-corrected chi connectivity index (χ4v) is 7.92. The molecule has 1 aromatic carbocycles. The van der Waals surface area contributed by atoms with Gasteiger partial charge in [-0.25, -0.2) is 8.42 Å². The molecule has 1 aliphatic carbocycles. The van der Waals surface area contributed by atoms with Crippen molar-refractivity contribution in [1.29, 1.82) is 0 Å². The zero-order valence-corrected chi connectivity index (χ0v) is 14.5. The second-order valence-electron chi connectivity index (χ2n) is 4.98. The maximum absolute atomic E-state index is 13.3. The first kappa shape index (κ1) is 17.4. The van der Waals surface area contributed by atoms with Gasteiger partial charge >= 0.3 is 7.60 Å². The number of benzene rings is 1. The number of hydrogen-bond acceptors (Lipinski definition) is 5. The van der Waals surface area contributed by atoms with Crippen molar-refractivity contribution in [3.8, 4) is 0 Å². The molecule has 0 saturated heterocycles. The van der Waals surface area contributed by atoms with Crippen LogP contribution >= 0.6 is 7.60 Å². The first-order chi connectivity index (χ1) is 10.4. The molecule has 7 heteroatoms. The molecule has 0 atom stereocenters. The standard InChI is InChI=1S/C15H21O5PS/c1-3-19-21(16,20-4-2)15(12-8-9-13-15)22(17,18)14-10-6-5-7-11-14/h5-11H,3-4,12-13H2,1-2H3. The summed E-state index contributed by atoms with van der Waals surface area (Å²) >= 11 is 0. The molecule has 0 heterocycles. The Labute approximate surface area is 131 Å². The molecule has 1 aromatic rings. The summed E-state index contributed by atoms with van der Waals surface area (Å²) in [5.41, 5.74) is 0. The van der Waals surface area contributed by atoms with Crippen LogP contribution < -0.4 is 0 Å². The summed E-state index contributed by atoms with van der Waals surface area (Å²) in [4.78, 5) is 0.137. The molecule has 22 heavy (non-hydrogen) atoms. The van der Waals surface area contributed by atoms with Crippen molar-refractivity contribution in [2.45, 2.75) is 36.1 Å². The molecule has 5 nitrogen and oxygen atoms in total. The van der Waals surface area contributed by atoms with Gasteiger partial charge in [-0.2, -0.15) is 0 Å². The van der Waals surface area contributed by atoms with Crippen molar-refractivity contribution in [1.82, 2.24) is 0 Å². The lowest BCUT2D eigenvalue weighted by atomic mass is 10.3. The zero-order valence-electron chi connectivity index (χ0n) is 12.8. The highest BCUT2D eigenvalue weighted by Gasteiger charge is 2.60. The van der Waals surface area contributed by atoms with Crippen LogP contribution in [0.5, 0.6) is 0 Å². The summed E-state index contributed by atoms with van der Waals surface area (Å²) < 4.78 is 48.8. The second-order valence-corrected chi connectivity index (χ2v) is 9.91. The van der Waals surface area contributed by atoms with Gasteiger partial charge in [-0.15, -0.1) is 0 Å². The molecule has 0 N–H and O–H groups in total. The number of sulfone groups is 1. The summed E-state index contributed by atoms with van der Waals surface area (Å²) in [5, 5.41) is 0. The average Bonchev–Trinajstić information content (AvgIpc) is 3.00. The van der Waals surface area contributed by atoms with Crippen LogP contribution in [0.3, 0.4) is 0 Å². The molecule has 0 saturated carbocycles. The van der Waals surface area contributed by atoms with Gasteiger partial charge in [0.15, 0.2) is 14.3 Å². The monoisotopic (exact) mass is 344 g/mol. The first-order valence-electron chi connectivity index (χ1n) is 7.27. The van der Waals surface area contributed by atoms with E-state index in [1.165, 1.54) is 12.1 Å². The van der Waals surface area contributed by atoms with Crippen LogP contribution in [-0.2, 0) is 23.4 Å². The molecule has 0 aromatic heterocycles. The Bertz CT molecular complexity index is 663. The minimum Gasteiger partial charge on any atom is -0.308 e. The van der Waals surface area contributed by atoms with Gasteiger partial charge in [0.05, 0.1) is 18.1 Å². The molecule has 0 aliphatic heterocycles. The van der Waals surface area contributed by atoms with E-state index < -0.39 is 21.9 Å². The van der Waals surface area contributed by atoms with E-state index in [4.69, 9.17) is 9.05 Å². The number of rotatable bonds is 7. The maximum atomic E-state index is 13.3. The van der Waals surface area contributed by atoms with E-state index in [1.54, 1.807) is 44.2 Å². The van der Waals surface area contributed by atoms with Gasteiger partial charge < -0.3 is 9.05 Å². The summed E-state index contributed by atoms with van der Waals surface area (Å²) in [5.74, 6) is 0. The van der Waals surface area contributed by atoms with Gasteiger partial charge in [0.2, 0.25) is 0 Å². The lowest BCUT2D eigenvalue weighted by Crippen LogP contribution is -2.37.